The quantitative estimate of drug-likeness (QED) is 0.727. The lowest BCUT2D eigenvalue weighted by atomic mass is 10.3. The first-order valence-corrected chi connectivity index (χ1v) is 6.54. The van der Waals surface area contributed by atoms with E-state index < -0.39 is 10.8 Å². The molecule has 1 heterocycles. The third-order valence-corrected chi connectivity index (χ3v) is 3.70. The number of hydrogen-bond acceptors (Lipinski definition) is 5. The van der Waals surface area contributed by atoms with E-state index in [0.29, 0.717) is 6.54 Å². The van der Waals surface area contributed by atoms with Crippen LogP contribution in [0.3, 0.4) is 0 Å². The topological polar surface area (TPSA) is 68.0 Å². The highest BCUT2D eigenvalue weighted by Gasteiger charge is 2.07. The average molecular weight is 231 g/mol. The van der Waals surface area contributed by atoms with Gasteiger partial charge in [0.25, 0.3) is 0 Å². The van der Waals surface area contributed by atoms with Crippen LogP contribution in [0.15, 0.2) is 4.63 Å². The lowest BCUT2D eigenvalue weighted by Crippen LogP contribution is -2.21. The van der Waals surface area contributed by atoms with Crippen LogP contribution in [0.2, 0.25) is 0 Å². The molecule has 0 saturated heterocycles. The zero-order chi connectivity index (χ0) is 11.3. The van der Waals surface area contributed by atoms with Gasteiger partial charge in [0, 0.05) is 28.9 Å². The normalized spacial score (nSPS) is 15.1. The summed E-state index contributed by atoms with van der Waals surface area (Å²) >= 11 is 0. The molecule has 5 nitrogen and oxygen atoms in total. The van der Waals surface area contributed by atoms with Crippen molar-refractivity contribution in [2.45, 2.75) is 32.1 Å². The van der Waals surface area contributed by atoms with Crippen LogP contribution in [0.25, 0.3) is 0 Å². The second kappa shape index (κ2) is 5.97. The van der Waals surface area contributed by atoms with Gasteiger partial charge in [0.05, 0.1) is 0 Å². The largest absolute Gasteiger partial charge is 0.311 e. The molecule has 0 bridgehead atoms. The molecule has 6 heteroatoms. The van der Waals surface area contributed by atoms with Crippen molar-refractivity contribution in [3.05, 3.63) is 11.4 Å². The van der Waals surface area contributed by atoms with Gasteiger partial charge in [0.15, 0.2) is 0 Å². The summed E-state index contributed by atoms with van der Waals surface area (Å²) in [5, 5.41) is 10.9. The molecule has 1 rings (SSSR count). The van der Waals surface area contributed by atoms with Gasteiger partial charge in [0.1, 0.15) is 11.4 Å². The number of aromatic nitrogens is 2. The molecule has 15 heavy (non-hydrogen) atoms. The van der Waals surface area contributed by atoms with Gasteiger partial charge in [-0.2, -0.15) is 0 Å². The minimum Gasteiger partial charge on any atom is -0.311 e. The Morgan fingerprint density at radius 2 is 2.27 bits per heavy atom. The molecular formula is C9H17N3O2S. The van der Waals surface area contributed by atoms with Crippen molar-refractivity contribution in [1.29, 1.82) is 0 Å². The molecule has 0 aliphatic heterocycles. The Hall–Kier alpha value is -0.750. The van der Waals surface area contributed by atoms with Crippen molar-refractivity contribution in [1.82, 2.24) is 15.6 Å². The van der Waals surface area contributed by atoms with Gasteiger partial charge in [-0.3, -0.25) is 4.21 Å². The number of rotatable bonds is 6. The van der Waals surface area contributed by atoms with Crippen LogP contribution in [0.4, 0.5) is 0 Å². The molecule has 1 aromatic rings. The van der Waals surface area contributed by atoms with E-state index in [2.05, 4.69) is 20.3 Å². The predicted octanol–water partition coefficient (Wildman–Crippen LogP) is 0.625. The van der Waals surface area contributed by atoms with Gasteiger partial charge in [-0.15, -0.1) is 0 Å². The standard InChI is InChI=1S/C9H17N3O2S/c1-7(15(3)13)4-5-10-6-9-8(2)11-14-12-9/h7,10H,4-6H2,1-3H3. The minimum atomic E-state index is -0.741. The van der Waals surface area contributed by atoms with Crippen molar-refractivity contribution in [3.8, 4) is 0 Å². The fourth-order valence-electron chi connectivity index (χ4n) is 1.09. The van der Waals surface area contributed by atoms with Crippen LogP contribution in [0.5, 0.6) is 0 Å². The maximum atomic E-state index is 11.1. The fraction of sp³-hybridized carbons (Fsp3) is 0.778. The molecule has 0 amide bonds. The zero-order valence-electron chi connectivity index (χ0n) is 9.32. The van der Waals surface area contributed by atoms with Crippen LogP contribution in [-0.2, 0) is 17.3 Å². The summed E-state index contributed by atoms with van der Waals surface area (Å²) in [5.41, 5.74) is 1.65. The molecular weight excluding hydrogens is 214 g/mol. The molecule has 86 valence electrons. The van der Waals surface area contributed by atoms with E-state index in [1.807, 2.05) is 13.8 Å². The predicted molar refractivity (Wildman–Crippen MR) is 58.9 cm³/mol. The second-order valence-electron chi connectivity index (χ2n) is 3.57. The van der Waals surface area contributed by atoms with Crippen molar-refractivity contribution >= 4 is 10.8 Å². The number of nitrogens with one attached hydrogen (secondary N) is 1. The molecule has 0 spiro atoms. The van der Waals surface area contributed by atoms with E-state index in [1.165, 1.54) is 0 Å². The number of hydrogen-bond donors (Lipinski definition) is 1. The Morgan fingerprint density at radius 3 is 2.80 bits per heavy atom. The summed E-state index contributed by atoms with van der Waals surface area (Å²) < 4.78 is 15.6. The monoisotopic (exact) mass is 231 g/mol. The molecule has 0 fully saturated rings. The summed E-state index contributed by atoms with van der Waals surface area (Å²) in [6, 6.07) is 0. The molecule has 0 radical (unpaired) electrons. The molecule has 2 unspecified atom stereocenters. The Kier molecular flexibility index (Phi) is 4.90. The lowest BCUT2D eigenvalue weighted by Gasteiger charge is -2.07. The SMILES string of the molecule is Cc1nonc1CNCCC(C)S(C)=O. The van der Waals surface area contributed by atoms with Gasteiger partial charge >= 0.3 is 0 Å². The number of aryl methyl sites for hydroxylation is 1. The van der Waals surface area contributed by atoms with Gasteiger partial charge < -0.3 is 5.32 Å². The molecule has 0 saturated carbocycles. The highest BCUT2D eigenvalue weighted by molar-refractivity contribution is 7.84. The van der Waals surface area contributed by atoms with Crippen molar-refractivity contribution in [3.63, 3.8) is 0 Å². The lowest BCUT2D eigenvalue weighted by molar-refractivity contribution is 0.300. The highest BCUT2D eigenvalue weighted by atomic mass is 32.2. The zero-order valence-corrected chi connectivity index (χ0v) is 10.1. The smallest absolute Gasteiger partial charge is 0.121 e. The summed E-state index contributed by atoms with van der Waals surface area (Å²) in [4.78, 5) is 0. The number of nitrogens with zero attached hydrogens (tertiary/aromatic N) is 2. The Labute approximate surface area is 92.0 Å². The van der Waals surface area contributed by atoms with E-state index >= 15 is 0 Å². The average Bonchev–Trinajstić information content (AvgIpc) is 2.58. The Bertz CT molecular complexity index is 327. The molecule has 1 N–H and O–H groups in total. The van der Waals surface area contributed by atoms with Crippen LogP contribution >= 0.6 is 0 Å². The van der Waals surface area contributed by atoms with Crippen LogP contribution in [-0.4, -0.2) is 32.6 Å². The van der Waals surface area contributed by atoms with Crippen molar-refractivity contribution < 1.29 is 8.84 Å². The molecule has 2 atom stereocenters. The van der Waals surface area contributed by atoms with E-state index in [-0.39, 0.29) is 5.25 Å². The Morgan fingerprint density at radius 1 is 1.53 bits per heavy atom. The minimum absolute atomic E-state index is 0.231. The first kappa shape index (κ1) is 12.3. The summed E-state index contributed by atoms with van der Waals surface area (Å²) in [7, 11) is -0.741. The fourth-order valence-corrected chi connectivity index (χ4v) is 1.54. The summed E-state index contributed by atoms with van der Waals surface area (Å²) in [5.74, 6) is 0. The van der Waals surface area contributed by atoms with Gasteiger partial charge in [-0.1, -0.05) is 17.2 Å². The van der Waals surface area contributed by atoms with E-state index in [9.17, 15) is 4.21 Å². The summed E-state index contributed by atoms with van der Waals surface area (Å²) in [6.07, 6.45) is 2.63. The third-order valence-electron chi connectivity index (χ3n) is 2.33. The Balaban J connectivity index is 2.17. The van der Waals surface area contributed by atoms with Gasteiger partial charge in [-0.05, 0) is 19.9 Å². The third kappa shape index (κ3) is 4.09. The van der Waals surface area contributed by atoms with Crippen molar-refractivity contribution in [2.24, 2.45) is 0 Å². The van der Waals surface area contributed by atoms with Gasteiger partial charge in [-0.25, -0.2) is 4.63 Å². The first-order valence-electron chi connectivity index (χ1n) is 4.92. The highest BCUT2D eigenvalue weighted by Crippen LogP contribution is 2.00. The maximum absolute atomic E-state index is 11.1. The van der Waals surface area contributed by atoms with E-state index in [0.717, 1.165) is 24.4 Å². The molecule has 0 aromatic carbocycles. The molecule has 1 aromatic heterocycles. The molecule has 0 aliphatic rings. The maximum Gasteiger partial charge on any atom is 0.121 e. The van der Waals surface area contributed by atoms with Crippen LogP contribution in [0, 0.1) is 6.92 Å². The van der Waals surface area contributed by atoms with E-state index in [1.54, 1.807) is 6.26 Å². The molecule has 0 aliphatic carbocycles. The van der Waals surface area contributed by atoms with Crippen LogP contribution in [0.1, 0.15) is 24.7 Å². The van der Waals surface area contributed by atoms with E-state index in [4.69, 9.17) is 0 Å². The second-order valence-corrected chi connectivity index (χ2v) is 5.37. The van der Waals surface area contributed by atoms with Crippen molar-refractivity contribution in [2.75, 3.05) is 12.8 Å². The first-order chi connectivity index (χ1) is 7.11. The van der Waals surface area contributed by atoms with Crippen LogP contribution < -0.4 is 5.32 Å². The van der Waals surface area contributed by atoms with Gasteiger partial charge in [0.2, 0.25) is 0 Å². The summed E-state index contributed by atoms with van der Waals surface area (Å²) in [6.45, 7) is 5.32.